The molecule has 0 saturated carbocycles. The quantitative estimate of drug-likeness (QED) is 0.823. The largest absolute Gasteiger partial charge is 0.469 e. The van der Waals surface area contributed by atoms with Gasteiger partial charge in [-0.1, -0.05) is 6.07 Å². The Bertz CT molecular complexity index is 479. The summed E-state index contributed by atoms with van der Waals surface area (Å²) in [5, 5.41) is 3.22. The molecule has 0 aromatic carbocycles. The molecule has 2 aromatic rings. The van der Waals surface area contributed by atoms with Gasteiger partial charge in [0.15, 0.2) is 0 Å². The normalized spacial score (nSPS) is 12.6. The van der Waals surface area contributed by atoms with Gasteiger partial charge in [-0.15, -0.1) is 0 Å². The molecule has 0 aliphatic heterocycles. The molecule has 16 heavy (non-hydrogen) atoms. The average Bonchev–Trinajstić information content (AvgIpc) is 2.69. The van der Waals surface area contributed by atoms with E-state index in [1.165, 1.54) is 0 Å². The maximum absolute atomic E-state index is 5.87. The molecule has 4 nitrogen and oxygen atoms in total. The number of nitrogens with zero attached hydrogens (tertiary/aromatic N) is 1. The standard InChI is InChI=1S/C12H15N3O/c1-8-9(5-7-16-8)11(14-2)10-4-3-6-15-12(10)13/h3-7,11,14H,1-2H3,(H2,13,15). The Morgan fingerprint density at radius 3 is 2.75 bits per heavy atom. The van der Waals surface area contributed by atoms with Crippen molar-refractivity contribution in [1.82, 2.24) is 10.3 Å². The molecular formula is C12H15N3O. The Hall–Kier alpha value is -1.81. The van der Waals surface area contributed by atoms with Crippen LogP contribution < -0.4 is 11.1 Å². The van der Waals surface area contributed by atoms with Crippen molar-refractivity contribution in [3.05, 3.63) is 47.5 Å². The van der Waals surface area contributed by atoms with Gasteiger partial charge in [-0.25, -0.2) is 4.98 Å². The number of nitrogens with one attached hydrogen (secondary N) is 1. The van der Waals surface area contributed by atoms with Crippen LogP contribution in [0.5, 0.6) is 0 Å². The van der Waals surface area contributed by atoms with Crippen molar-refractivity contribution in [2.45, 2.75) is 13.0 Å². The molecule has 0 saturated heterocycles. The van der Waals surface area contributed by atoms with Gasteiger partial charge in [-0.2, -0.15) is 0 Å². The highest BCUT2D eigenvalue weighted by molar-refractivity contribution is 5.45. The summed E-state index contributed by atoms with van der Waals surface area (Å²) in [5.41, 5.74) is 7.92. The van der Waals surface area contributed by atoms with E-state index in [0.717, 1.165) is 16.9 Å². The molecule has 2 aromatic heterocycles. The van der Waals surface area contributed by atoms with Crippen LogP contribution in [0.3, 0.4) is 0 Å². The van der Waals surface area contributed by atoms with E-state index < -0.39 is 0 Å². The topological polar surface area (TPSA) is 64.1 Å². The Balaban J connectivity index is 2.45. The zero-order valence-corrected chi connectivity index (χ0v) is 9.40. The van der Waals surface area contributed by atoms with Crippen molar-refractivity contribution in [3.8, 4) is 0 Å². The number of hydrogen-bond donors (Lipinski definition) is 2. The van der Waals surface area contributed by atoms with Gasteiger partial charge < -0.3 is 15.5 Å². The Morgan fingerprint density at radius 1 is 1.38 bits per heavy atom. The number of nitrogen functional groups attached to an aromatic ring is 1. The fourth-order valence-electron chi connectivity index (χ4n) is 1.85. The summed E-state index contributed by atoms with van der Waals surface area (Å²) in [6.45, 7) is 1.94. The van der Waals surface area contributed by atoms with E-state index in [4.69, 9.17) is 10.2 Å². The first-order valence-electron chi connectivity index (χ1n) is 5.15. The van der Waals surface area contributed by atoms with Gasteiger partial charge in [-0.05, 0) is 26.1 Å². The lowest BCUT2D eigenvalue weighted by atomic mass is 10.0. The Labute approximate surface area is 94.5 Å². The van der Waals surface area contributed by atoms with Crippen molar-refractivity contribution in [1.29, 1.82) is 0 Å². The Kier molecular flexibility index (Phi) is 2.92. The first-order chi connectivity index (χ1) is 7.74. The SMILES string of the molecule is CNC(c1cccnc1N)c1ccoc1C. The molecule has 0 bridgehead atoms. The van der Waals surface area contributed by atoms with Crippen LogP contribution in [0.2, 0.25) is 0 Å². The second-order valence-corrected chi connectivity index (χ2v) is 3.63. The molecule has 0 aliphatic carbocycles. The smallest absolute Gasteiger partial charge is 0.128 e. The van der Waals surface area contributed by atoms with E-state index in [0.29, 0.717) is 5.82 Å². The van der Waals surface area contributed by atoms with Crippen LogP contribution in [-0.2, 0) is 0 Å². The molecule has 1 unspecified atom stereocenters. The van der Waals surface area contributed by atoms with Crippen LogP contribution >= 0.6 is 0 Å². The van der Waals surface area contributed by atoms with Crippen LogP contribution in [0.15, 0.2) is 35.1 Å². The molecule has 84 valence electrons. The van der Waals surface area contributed by atoms with Crippen LogP contribution in [0.4, 0.5) is 5.82 Å². The Morgan fingerprint density at radius 2 is 2.19 bits per heavy atom. The fraction of sp³-hybridized carbons (Fsp3) is 0.250. The minimum absolute atomic E-state index is 0.0208. The van der Waals surface area contributed by atoms with Crippen molar-refractivity contribution < 1.29 is 4.42 Å². The molecule has 0 aliphatic rings. The number of hydrogen-bond acceptors (Lipinski definition) is 4. The summed E-state index contributed by atoms with van der Waals surface area (Å²) < 4.78 is 5.31. The van der Waals surface area contributed by atoms with Gasteiger partial charge in [0.2, 0.25) is 0 Å². The predicted octanol–water partition coefficient (Wildman–Crippen LogP) is 1.87. The van der Waals surface area contributed by atoms with Gasteiger partial charge in [-0.3, -0.25) is 0 Å². The molecule has 0 radical (unpaired) electrons. The molecule has 2 heterocycles. The van der Waals surface area contributed by atoms with Crippen molar-refractivity contribution in [2.24, 2.45) is 0 Å². The monoisotopic (exact) mass is 217 g/mol. The lowest BCUT2D eigenvalue weighted by molar-refractivity contribution is 0.523. The number of nitrogens with two attached hydrogens (primary N) is 1. The highest BCUT2D eigenvalue weighted by atomic mass is 16.3. The number of aromatic nitrogens is 1. The summed E-state index contributed by atoms with van der Waals surface area (Å²) in [4.78, 5) is 4.09. The third-order valence-corrected chi connectivity index (χ3v) is 2.68. The third kappa shape index (κ3) is 1.79. The van der Waals surface area contributed by atoms with Crippen LogP contribution in [0.25, 0.3) is 0 Å². The first-order valence-corrected chi connectivity index (χ1v) is 5.15. The highest BCUT2D eigenvalue weighted by Crippen LogP contribution is 2.27. The third-order valence-electron chi connectivity index (χ3n) is 2.68. The minimum Gasteiger partial charge on any atom is -0.469 e. The van der Waals surface area contributed by atoms with Gasteiger partial charge in [0, 0.05) is 17.3 Å². The maximum atomic E-state index is 5.87. The number of pyridine rings is 1. The van der Waals surface area contributed by atoms with E-state index in [-0.39, 0.29) is 6.04 Å². The molecule has 2 rings (SSSR count). The van der Waals surface area contributed by atoms with Crippen molar-refractivity contribution >= 4 is 5.82 Å². The van der Waals surface area contributed by atoms with E-state index in [1.54, 1.807) is 12.5 Å². The molecule has 0 spiro atoms. The van der Waals surface area contributed by atoms with E-state index in [9.17, 15) is 0 Å². The molecule has 4 heteroatoms. The van der Waals surface area contributed by atoms with Crippen molar-refractivity contribution in [2.75, 3.05) is 12.8 Å². The van der Waals surface area contributed by atoms with Gasteiger partial charge in [0.25, 0.3) is 0 Å². The fourth-order valence-corrected chi connectivity index (χ4v) is 1.85. The van der Waals surface area contributed by atoms with E-state index >= 15 is 0 Å². The molecule has 1 atom stereocenters. The number of aryl methyl sites for hydroxylation is 1. The van der Waals surface area contributed by atoms with Crippen molar-refractivity contribution in [3.63, 3.8) is 0 Å². The van der Waals surface area contributed by atoms with Crippen LogP contribution in [0, 0.1) is 6.92 Å². The summed E-state index contributed by atoms with van der Waals surface area (Å²) >= 11 is 0. The molecule has 0 fully saturated rings. The van der Waals surface area contributed by atoms with E-state index in [2.05, 4.69) is 10.3 Å². The summed E-state index contributed by atoms with van der Waals surface area (Å²) in [6, 6.07) is 5.82. The van der Waals surface area contributed by atoms with Gasteiger partial charge in [0.05, 0.1) is 12.3 Å². The van der Waals surface area contributed by atoms with Gasteiger partial charge >= 0.3 is 0 Å². The summed E-state index contributed by atoms with van der Waals surface area (Å²) in [6.07, 6.45) is 3.37. The predicted molar refractivity (Wildman–Crippen MR) is 63.0 cm³/mol. The highest BCUT2D eigenvalue weighted by Gasteiger charge is 2.18. The summed E-state index contributed by atoms with van der Waals surface area (Å²) in [7, 11) is 1.89. The average molecular weight is 217 g/mol. The lowest BCUT2D eigenvalue weighted by Crippen LogP contribution is -2.19. The second-order valence-electron chi connectivity index (χ2n) is 3.63. The molecular weight excluding hydrogens is 202 g/mol. The van der Waals surface area contributed by atoms with Crippen LogP contribution in [-0.4, -0.2) is 12.0 Å². The van der Waals surface area contributed by atoms with Gasteiger partial charge in [0.1, 0.15) is 11.6 Å². The molecule has 3 N–H and O–H groups in total. The number of rotatable bonds is 3. The number of anilines is 1. The minimum atomic E-state index is 0.0208. The lowest BCUT2D eigenvalue weighted by Gasteiger charge is -2.17. The van der Waals surface area contributed by atoms with Crippen LogP contribution in [0.1, 0.15) is 22.9 Å². The zero-order chi connectivity index (χ0) is 11.5. The maximum Gasteiger partial charge on any atom is 0.128 e. The summed E-state index contributed by atoms with van der Waals surface area (Å²) in [5.74, 6) is 1.44. The zero-order valence-electron chi connectivity index (χ0n) is 9.40. The number of furan rings is 1. The second kappa shape index (κ2) is 4.37. The van der Waals surface area contributed by atoms with E-state index in [1.807, 2.05) is 32.2 Å². The first kappa shape index (κ1) is 10.7. The molecule has 0 amide bonds.